The molecule has 0 aliphatic carbocycles. The minimum absolute atomic E-state index is 0.624. The van der Waals surface area contributed by atoms with Crippen molar-refractivity contribution in [2.45, 2.75) is 38.8 Å². The van der Waals surface area contributed by atoms with Crippen molar-refractivity contribution in [3.05, 3.63) is 11.1 Å². The second kappa shape index (κ2) is 6.84. The lowest BCUT2D eigenvalue weighted by Crippen LogP contribution is -2.46. The number of alkyl carbamates (subject to hydrolysis) is 1. The standard InChI is InChI=1S/C15H23N3O4S/c1-14(2,3)22-13(20)17-15(4,10-19)11-9-16-12(23-11)18-5-7-21-8-6-18/h9-10H,5-8H2,1-4H3,(H,17,20). The van der Waals surface area contributed by atoms with Gasteiger partial charge in [-0.05, 0) is 27.7 Å². The smallest absolute Gasteiger partial charge is 0.408 e. The number of carbonyl (C=O) groups is 2. The van der Waals surface area contributed by atoms with E-state index >= 15 is 0 Å². The molecule has 128 valence electrons. The summed E-state index contributed by atoms with van der Waals surface area (Å²) in [6.07, 6.45) is 1.70. The number of carbonyl (C=O) groups excluding carboxylic acids is 2. The van der Waals surface area contributed by atoms with Gasteiger partial charge in [-0.3, -0.25) is 0 Å². The molecule has 1 unspecified atom stereocenters. The van der Waals surface area contributed by atoms with Crippen molar-refractivity contribution in [1.82, 2.24) is 10.3 Å². The number of nitrogens with one attached hydrogen (secondary N) is 1. The molecule has 0 radical (unpaired) electrons. The Labute approximate surface area is 140 Å². The third-order valence-electron chi connectivity index (χ3n) is 3.28. The highest BCUT2D eigenvalue weighted by Gasteiger charge is 2.33. The monoisotopic (exact) mass is 341 g/mol. The first-order valence-electron chi connectivity index (χ1n) is 7.50. The van der Waals surface area contributed by atoms with Crippen LogP contribution in [0.4, 0.5) is 9.93 Å². The van der Waals surface area contributed by atoms with Crippen molar-refractivity contribution < 1.29 is 19.1 Å². The zero-order valence-electron chi connectivity index (χ0n) is 13.9. The number of nitrogens with zero attached hydrogens (tertiary/aromatic N) is 2. The van der Waals surface area contributed by atoms with Crippen LogP contribution in [0.2, 0.25) is 0 Å². The average Bonchev–Trinajstić information content (AvgIpc) is 2.96. The number of rotatable bonds is 4. The predicted molar refractivity (Wildman–Crippen MR) is 87.9 cm³/mol. The highest BCUT2D eigenvalue weighted by atomic mass is 32.1. The highest BCUT2D eigenvalue weighted by Crippen LogP contribution is 2.30. The molecule has 1 N–H and O–H groups in total. The van der Waals surface area contributed by atoms with Crippen molar-refractivity contribution in [3.8, 4) is 0 Å². The van der Waals surface area contributed by atoms with Crippen LogP contribution in [0.1, 0.15) is 32.6 Å². The van der Waals surface area contributed by atoms with E-state index in [1.54, 1.807) is 33.9 Å². The third-order valence-corrected chi connectivity index (χ3v) is 4.58. The fourth-order valence-corrected chi connectivity index (χ4v) is 3.10. The molecule has 2 rings (SSSR count). The van der Waals surface area contributed by atoms with Gasteiger partial charge in [-0.2, -0.15) is 0 Å². The summed E-state index contributed by atoms with van der Waals surface area (Å²) in [6.45, 7) is 9.82. The normalized spacial score (nSPS) is 18.2. The Morgan fingerprint density at radius 1 is 1.39 bits per heavy atom. The van der Waals surface area contributed by atoms with Crippen molar-refractivity contribution in [2.24, 2.45) is 0 Å². The average molecular weight is 341 g/mol. The number of morpholine rings is 1. The van der Waals surface area contributed by atoms with Crippen molar-refractivity contribution in [3.63, 3.8) is 0 Å². The molecule has 1 amide bonds. The van der Waals surface area contributed by atoms with E-state index in [2.05, 4.69) is 15.2 Å². The predicted octanol–water partition coefficient (Wildman–Crippen LogP) is 1.92. The number of hydrogen-bond donors (Lipinski definition) is 1. The number of thiazole rings is 1. The summed E-state index contributed by atoms with van der Waals surface area (Å²) in [7, 11) is 0. The maximum atomic E-state index is 12.0. The van der Waals surface area contributed by atoms with Gasteiger partial charge < -0.3 is 24.5 Å². The second-order valence-corrected chi connectivity index (χ2v) is 7.56. The van der Waals surface area contributed by atoms with Crippen molar-refractivity contribution in [2.75, 3.05) is 31.2 Å². The lowest BCUT2D eigenvalue weighted by molar-refractivity contribution is -0.113. The minimum atomic E-state index is -1.16. The molecule has 1 aromatic rings. The van der Waals surface area contributed by atoms with Crippen LogP contribution < -0.4 is 10.2 Å². The van der Waals surface area contributed by atoms with E-state index in [-0.39, 0.29) is 0 Å². The summed E-state index contributed by atoms with van der Waals surface area (Å²) in [4.78, 5) is 30.7. The minimum Gasteiger partial charge on any atom is -0.444 e. The number of ether oxygens (including phenoxy) is 2. The molecule has 0 saturated carbocycles. The summed E-state index contributed by atoms with van der Waals surface area (Å²) in [5, 5.41) is 3.45. The summed E-state index contributed by atoms with van der Waals surface area (Å²) >= 11 is 1.39. The van der Waals surface area contributed by atoms with Gasteiger partial charge in [0.15, 0.2) is 11.4 Å². The molecule has 0 bridgehead atoms. The van der Waals surface area contributed by atoms with Gasteiger partial charge in [-0.25, -0.2) is 9.78 Å². The lowest BCUT2D eigenvalue weighted by atomic mass is 10.0. The number of hydrogen-bond acceptors (Lipinski definition) is 7. The van der Waals surface area contributed by atoms with Crippen molar-refractivity contribution >= 4 is 28.8 Å². The topological polar surface area (TPSA) is 80.8 Å². The quantitative estimate of drug-likeness (QED) is 0.843. The van der Waals surface area contributed by atoms with Crippen LogP contribution in [0.5, 0.6) is 0 Å². The summed E-state index contributed by atoms with van der Waals surface area (Å²) in [5.74, 6) is 0. The van der Waals surface area contributed by atoms with E-state index in [1.165, 1.54) is 11.3 Å². The Morgan fingerprint density at radius 3 is 2.61 bits per heavy atom. The Balaban J connectivity index is 2.11. The van der Waals surface area contributed by atoms with Gasteiger partial charge in [0.25, 0.3) is 0 Å². The van der Waals surface area contributed by atoms with Crippen LogP contribution in [0.15, 0.2) is 6.20 Å². The lowest BCUT2D eigenvalue weighted by Gasteiger charge is -2.27. The van der Waals surface area contributed by atoms with Gasteiger partial charge in [0.2, 0.25) is 0 Å². The summed E-state index contributed by atoms with van der Waals surface area (Å²) in [6, 6.07) is 0. The molecule has 7 nitrogen and oxygen atoms in total. The van der Waals surface area contributed by atoms with Crippen molar-refractivity contribution in [1.29, 1.82) is 0 Å². The van der Waals surface area contributed by atoms with Crippen LogP contribution in [-0.2, 0) is 19.8 Å². The molecule has 1 fully saturated rings. The van der Waals surface area contributed by atoms with Gasteiger partial charge in [0, 0.05) is 19.3 Å². The Bertz CT molecular complexity index is 563. The molecular formula is C15H23N3O4S. The maximum absolute atomic E-state index is 12.0. The third kappa shape index (κ3) is 4.65. The SMILES string of the molecule is CC(C)(C)OC(=O)NC(C)(C=O)c1cnc(N2CCOCC2)s1. The van der Waals surface area contributed by atoms with Gasteiger partial charge in [0.05, 0.1) is 18.1 Å². The van der Waals surface area contributed by atoms with E-state index < -0.39 is 17.2 Å². The molecule has 1 aromatic heterocycles. The first kappa shape index (κ1) is 17.7. The first-order chi connectivity index (χ1) is 10.7. The Morgan fingerprint density at radius 2 is 2.04 bits per heavy atom. The molecule has 2 heterocycles. The molecule has 1 atom stereocenters. The zero-order valence-corrected chi connectivity index (χ0v) is 14.7. The van der Waals surface area contributed by atoms with E-state index in [4.69, 9.17) is 9.47 Å². The van der Waals surface area contributed by atoms with Crippen LogP contribution in [0.25, 0.3) is 0 Å². The molecular weight excluding hydrogens is 318 g/mol. The first-order valence-corrected chi connectivity index (χ1v) is 8.32. The van der Waals surface area contributed by atoms with E-state index in [9.17, 15) is 9.59 Å². The van der Waals surface area contributed by atoms with Gasteiger partial charge in [0.1, 0.15) is 11.1 Å². The maximum Gasteiger partial charge on any atom is 0.408 e. The largest absolute Gasteiger partial charge is 0.444 e. The fourth-order valence-electron chi connectivity index (χ4n) is 2.07. The summed E-state index contributed by atoms with van der Waals surface area (Å²) in [5.41, 5.74) is -1.79. The zero-order chi connectivity index (χ0) is 17.1. The number of aromatic nitrogens is 1. The second-order valence-electron chi connectivity index (χ2n) is 6.55. The highest BCUT2D eigenvalue weighted by molar-refractivity contribution is 7.15. The van der Waals surface area contributed by atoms with Gasteiger partial charge >= 0.3 is 6.09 Å². The van der Waals surface area contributed by atoms with Crippen LogP contribution in [0, 0.1) is 0 Å². The molecule has 1 saturated heterocycles. The van der Waals surface area contributed by atoms with Gasteiger partial charge in [-0.1, -0.05) is 11.3 Å². The number of aldehydes is 1. The molecule has 1 aliphatic heterocycles. The fraction of sp³-hybridized carbons (Fsp3) is 0.667. The number of anilines is 1. The molecule has 1 aliphatic rings. The van der Waals surface area contributed by atoms with Gasteiger partial charge in [-0.15, -0.1) is 0 Å². The molecule has 8 heteroatoms. The molecule has 0 aromatic carbocycles. The van der Waals surface area contributed by atoms with E-state index in [1.807, 2.05) is 0 Å². The Hall–Kier alpha value is -1.67. The van der Waals surface area contributed by atoms with Crippen LogP contribution in [0.3, 0.4) is 0 Å². The molecule has 0 spiro atoms. The van der Waals surface area contributed by atoms with E-state index in [0.29, 0.717) is 24.4 Å². The van der Waals surface area contributed by atoms with E-state index in [0.717, 1.165) is 18.2 Å². The summed E-state index contributed by atoms with van der Waals surface area (Å²) < 4.78 is 10.5. The molecule has 23 heavy (non-hydrogen) atoms. The Kier molecular flexibility index (Phi) is 5.26. The van der Waals surface area contributed by atoms with Crippen LogP contribution in [-0.4, -0.2) is 49.3 Å². The van der Waals surface area contributed by atoms with Crippen LogP contribution >= 0.6 is 11.3 Å². The number of amides is 1.